The lowest BCUT2D eigenvalue weighted by atomic mass is 9.83. The number of methoxy groups -OCH3 is 1. The van der Waals surface area contributed by atoms with E-state index in [1.54, 1.807) is 31.6 Å². The van der Waals surface area contributed by atoms with Crippen molar-refractivity contribution in [2.24, 2.45) is 0 Å². The van der Waals surface area contributed by atoms with Crippen LogP contribution in [-0.4, -0.2) is 67.5 Å². The SMILES string of the molecule is COCCOC1CCOC2(CCN(C(=O)c3ccncc3)CC2)C1. The highest BCUT2D eigenvalue weighted by atomic mass is 16.5. The molecule has 0 saturated carbocycles. The van der Waals surface area contributed by atoms with Crippen LogP contribution in [0.4, 0.5) is 0 Å². The number of aromatic nitrogens is 1. The van der Waals surface area contributed by atoms with Gasteiger partial charge in [-0.1, -0.05) is 0 Å². The lowest BCUT2D eigenvalue weighted by Crippen LogP contribution is -2.52. The van der Waals surface area contributed by atoms with E-state index in [1.807, 2.05) is 4.90 Å². The number of pyridine rings is 1. The minimum atomic E-state index is -0.134. The molecule has 2 fully saturated rings. The molecular formula is C18H26N2O4. The van der Waals surface area contributed by atoms with Gasteiger partial charge in [0.15, 0.2) is 0 Å². The van der Waals surface area contributed by atoms with Crippen LogP contribution in [0.2, 0.25) is 0 Å². The van der Waals surface area contributed by atoms with Crippen molar-refractivity contribution in [1.82, 2.24) is 9.88 Å². The van der Waals surface area contributed by atoms with Gasteiger partial charge in [-0.05, 0) is 31.4 Å². The van der Waals surface area contributed by atoms with Crippen LogP contribution < -0.4 is 0 Å². The summed E-state index contributed by atoms with van der Waals surface area (Å²) in [5, 5.41) is 0. The Kier molecular flexibility index (Phi) is 5.81. The molecular weight excluding hydrogens is 308 g/mol. The molecule has 1 amide bonds. The molecule has 3 heterocycles. The number of carbonyl (C=O) groups is 1. The summed E-state index contributed by atoms with van der Waals surface area (Å²) in [6, 6.07) is 3.53. The van der Waals surface area contributed by atoms with Crippen LogP contribution in [0, 0.1) is 0 Å². The van der Waals surface area contributed by atoms with Crippen molar-refractivity contribution in [1.29, 1.82) is 0 Å². The van der Waals surface area contributed by atoms with Crippen LogP contribution in [0.5, 0.6) is 0 Å². The first-order valence-corrected chi connectivity index (χ1v) is 8.66. The maximum Gasteiger partial charge on any atom is 0.253 e. The van der Waals surface area contributed by atoms with Crippen LogP contribution in [0.3, 0.4) is 0 Å². The van der Waals surface area contributed by atoms with E-state index >= 15 is 0 Å². The molecule has 0 bridgehead atoms. The number of ether oxygens (including phenoxy) is 3. The fraction of sp³-hybridized carbons (Fsp3) is 0.667. The molecule has 2 saturated heterocycles. The second-order valence-corrected chi connectivity index (χ2v) is 6.54. The minimum Gasteiger partial charge on any atom is -0.382 e. The van der Waals surface area contributed by atoms with Gasteiger partial charge in [0.25, 0.3) is 5.91 Å². The van der Waals surface area contributed by atoms with Gasteiger partial charge in [0.2, 0.25) is 0 Å². The number of amides is 1. The van der Waals surface area contributed by atoms with Gasteiger partial charge in [-0.3, -0.25) is 9.78 Å². The Morgan fingerprint density at radius 1 is 1.33 bits per heavy atom. The van der Waals surface area contributed by atoms with Crippen LogP contribution in [0.25, 0.3) is 0 Å². The first kappa shape index (κ1) is 17.3. The van der Waals surface area contributed by atoms with Crippen LogP contribution in [0.1, 0.15) is 36.0 Å². The van der Waals surface area contributed by atoms with Crippen molar-refractivity contribution in [2.75, 3.05) is 40.0 Å². The van der Waals surface area contributed by atoms with Gasteiger partial charge in [0, 0.05) is 51.2 Å². The second-order valence-electron chi connectivity index (χ2n) is 6.54. The Bertz CT molecular complexity index is 529. The Morgan fingerprint density at radius 3 is 2.79 bits per heavy atom. The predicted molar refractivity (Wildman–Crippen MR) is 88.9 cm³/mol. The molecule has 132 valence electrons. The molecule has 6 heteroatoms. The smallest absolute Gasteiger partial charge is 0.253 e. The summed E-state index contributed by atoms with van der Waals surface area (Å²) in [4.78, 5) is 18.4. The molecule has 2 aliphatic rings. The Labute approximate surface area is 143 Å². The van der Waals surface area contributed by atoms with Gasteiger partial charge < -0.3 is 19.1 Å². The third-order valence-corrected chi connectivity index (χ3v) is 4.98. The number of rotatable bonds is 5. The van der Waals surface area contributed by atoms with Crippen molar-refractivity contribution in [2.45, 2.75) is 37.4 Å². The molecule has 3 rings (SSSR count). The summed E-state index contributed by atoms with van der Waals surface area (Å²) in [6.45, 7) is 3.44. The molecule has 1 unspecified atom stereocenters. The normalized spacial score (nSPS) is 23.4. The van der Waals surface area contributed by atoms with E-state index in [4.69, 9.17) is 14.2 Å². The van der Waals surface area contributed by atoms with Crippen molar-refractivity contribution >= 4 is 5.91 Å². The second kappa shape index (κ2) is 8.05. The fourth-order valence-corrected chi connectivity index (χ4v) is 3.57. The zero-order valence-electron chi connectivity index (χ0n) is 14.3. The molecule has 6 nitrogen and oxygen atoms in total. The fourth-order valence-electron chi connectivity index (χ4n) is 3.57. The maximum atomic E-state index is 12.5. The topological polar surface area (TPSA) is 60.9 Å². The van der Waals surface area contributed by atoms with Gasteiger partial charge in [0.05, 0.1) is 24.9 Å². The molecule has 1 aromatic rings. The summed E-state index contributed by atoms with van der Waals surface area (Å²) in [5.41, 5.74) is 0.566. The summed E-state index contributed by atoms with van der Waals surface area (Å²) in [6.07, 6.45) is 7.13. The molecule has 0 aliphatic carbocycles. The molecule has 0 radical (unpaired) electrons. The number of hydrogen-bond donors (Lipinski definition) is 0. The van der Waals surface area contributed by atoms with Crippen LogP contribution in [0.15, 0.2) is 24.5 Å². The number of carbonyl (C=O) groups excluding carboxylic acids is 1. The standard InChI is InChI=1S/C18H26N2O4/c1-22-12-13-23-16-4-11-24-18(14-16)5-9-20(10-6-18)17(21)15-2-7-19-8-3-15/h2-3,7-8,16H,4-6,9-14H2,1H3. The lowest BCUT2D eigenvalue weighted by Gasteiger charge is -2.46. The van der Waals surface area contributed by atoms with Crippen molar-refractivity contribution in [3.05, 3.63) is 30.1 Å². The van der Waals surface area contributed by atoms with E-state index in [2.05, 4.69) is 4.98 Å². The van der Waals surface area contributed by atoms with Crippen LogP contribution in [-0.2, 0) is 14.2 Å². The quantitative estimate of drug-likeness (QED) is 0.770. The van der Waals surface area contributed by atoms with E-state index in [0.717, 1.165) is 45.4 Å². The third kappa shape index (κ3) is 4.12. The van der Waals surface area contributed by atoms with Crippen molar-refractivity contribution in [3.8, 4) is 0 Å². The molecule has 0 N–H and O–H groups in total. The Morgan fingerprint density at radius 2 is 2.08 bits per heavy atom. The van der Waals surface area contributed by atoms with Gasteiger partial charge in [0.1, 0.15) is 0 Å². The van der Waals surface area contributed by atoms with E-state index in [1.165, 1.54) is 0 Å². The van der Waals surface area contributed by atoms with E-state index < -0.39 is 0 Å². The van der Waals surface area contributed by atoms with Gasteiger partial charge in [-0.15, -0.1) is 0 Å². The average Bonchev–Trinajstić information content (AvgIpc) is 2.63. The van der Waals surface area contributed by atoms with Crippen molar-refractivity contribution < 1.29 is 19.0 Å². The zero-order valence-corrected chi connectivity index (χ0v) is 14.3. The van der Waals surface area contributed by atoms with Gasteiger partial charge in [-0.25, -0.2) is 0 Å². The van der Waals surface area contributed by atoms with Crippen LogP contribution >= 0.6 is 0 Å². The highest BCUT2D eigenvalue weighted by molar-refractivity contribution is 5.94. The molecule has 1 spiro atoms. The zero-order chi connectivity index (χ0) is 16.8. The first-order chi connectivity index (χ1) is 11.7. The van der Waals surface area contributed by atoms with Gasteiger partial charge >= 0.3 is 0 Å². The third-order valence-electron chi connectivity index (χ3n) is 4.98. The highest BCUT2D eigenvalue weighted by Crippen LogP contribution is 2.36. The highest BCUT2D eigenvalue weighted by Gasteiger charge is 2.41. The van der Waals surface area contributed by atoms with Crippen molar-refractivity contribution in [3.63, 3.8) is 0 Å². The first-order valence-electron chi connectivity index (χ1n) is 8.66. The molecule has 24 heavy (non-hydrogen) atoms. The summed E-state index contributed by atoms with van der Waals surface area (Å²) < 4.78 is 17.1. The Balaban J connectivity index is 1.53. The monoisotopic (exact) mass is 334 g/mol. The van der Waals surface area contributed by atoms with E-state index in [0.29, 0.717) is 18.8 Å². The van der Waals surface area contributed by atoms with Gasteiger partial charge in [-0.2, -0.15) is 0 Å². The molecule has 1 aromatic heterocycles. The lowest BCUT2D eigenvalue weighted by molar-refractivity contribution is -0.154. The summed E-state index contributed by atoms with van der Waals surface area (Å²) in [5.74, 6) is 0.0796. The Hall–Kier alpha value is -1.50. The number of nitrogens with zero attached hydrogens (tertiary/aromatic N) is 2. The summed E-state index contributed by atoms with van der Waals surface area (Å²) >= 11 is 0. The predicted octanol–water partition coefficient (Wildman–Crippen LogP) is 1.90. The van der Waals surface area contributed by atoms with E-state index in [9.17, 15) is 4.79 Å². The molecule has 1 atom stereocenters. The summed E-state index contributed by atoms with van der Waals surface area (Å²) in [7, 11) is 1.68. The largest absolute Gasteiger partial charge is 0.382 e. The number of hydrogen-bond acceptors (Lipinski definition) is 5. The molecule has 2 aliphatic heterocycles. The molecule has 0 aromatic carbocycles. The maximum absolute atomic E-state index is 12.5. The van der Waals surface area contributed by atoms with E-state index in [-0.39, 0.29) is 17.6 Å². The average molecular weight is 334 g/mol. The minimum absolute atomic E-state index is 0.0796. The number of piperidine rings is 1. The number of likely N-dealkylation sites (tertiary alicyclic amines) is 1.